The molecule has 3 nitrogen and oxygen atoms in total. The molecule has 0 N–H and O–H groups in total. The maximum absolute atomic E-state index is 4.78. The van der Waals surface area contributed by atoms with Crippen LogP contribution in [0.1, 0.15) is 272 Å². The van der Waals surface area contributed by atoms with Gasteiger partial charge in [0.1, 0.15) is 0 Å². The third kappa shape index (κ3) is 36.8. The molecule has 0 aromatic carbocycles. The molecule has 0 bridgehead atoms. The van der Waals surface area contributed by atoms with Crippen molar-refractivity contribution in [3.8, 4) is 0 Å². The molecule has 1 heterocycles. The first-order valence-corrected chi connectivity index (χ1v) is 27.9. The Morgan fingerprint density at radius 2 is 0.717 bits per heavy atom. The average molecular weight is 841 g/mol. The minimum Gasteiger partial charge on any atom is -0.304 e. The minimum absolute atomic E-state index is 0.852. The SMILES string of the molecule is C=C(CCN(CCCCN1CCN(C)CC1)CCC(=C)CC(CCCCCCCC)CCCCCCCCCC)CC(CCCCCCCC)CCCCCCCCCC. The Balaban J connectivity index is 2.75. The van der Waals surface area contributed by atoms with Gasteiger partial charge in [-0.2, -0.15) is 0 Å². The van der Waals surface area contributed by atoms with E-state index in [9.17, 15) is 0 Å². The first kappa shape index (κ1) is 57.4. The quantitative estimate of drug-likeness (QED) is 0.0446. The van der Waals surface area contributed by atoms with Crippen LogP contribution < -0.4 is 0 Å². The van der Waals surface area contributed by atoms with E-state index in [1.807, 2.05) is 0 Å². The molecule has 2 atom stereocenters. The van der Waals surface area contributed by atoms with Gasteiger partial charge in [0.2, 0.25) is 0 Å². The van der Waals surface area contributed by atoms with Crippen molar-refractivity contribution in [2.24, 2.45) is 11.8 Å². The Morgan fingerprint density at radius 3 is 1.05 bits per heavy atom. The van der Waals surface area contributed by atoms with E-state index in [1.54, 1.807) is 0 Å². The molecule has 0 radical (unpaired) electrons. The molecule has 1 saturated heterocycles. The normalized spacial score (nSPS) is 15.0. The molecular weight excluding hydrogens is 727 g/mol. The molecule has 1 fully saturated rings. The van der Waals surface area contributed by atoms with Crippen LogP contribution in [0.3, 0.4) is 0 Å². The number of nitrogens with zero attached hydrogens (tertiary/aromatic N) is 3. The van der Waals surface area contributed by atoms with E-state index in [2.05, 4.69) is 49.4 Å². The zero-order chi connectivity index (χ0) is 43.6. The topological polar surface area (TPSA) is 9.72 Å². The van der Waals surface area contributed by atoms with Crippen LogP contribution in [0.15, 0.2) is 24.3 Å². The van der Waals surface area contributed by atoms with Crippen molar-refractivity contribution in [1.82, 2.24) is 14.7 Å². The molecule has 3 heteroatoms. The summed E-state index contributed by atoms with van der Waals surface area (Å²) in [5, 5.41) is 0. The Hall–Kier alpha value is -0.640. The molecular formula is C57H113N3. The molecule has 1 aliphatic heterocycles. The molecule has 60 heavy (non-hydrogen) atoms. The third-order valence-electron chi connectivity index (χ3n) is 14.4. The van der Waals surface area contributed by atoms with Crippen molar-refractivity contribution in [3.05, 3.63) is 24.3 Å². The Bertz CT molecular complexity index is 847. The summed E-state index contributed by atoms with van der Waals surface area (Å²) in [6.07, 6.45) is 53.2. The van der Waals surface area contributed by atoms with Gasteiger partial charge in [-0.05, 0) is 70.5 Å². The van der Waals surface area contributed by atoms with Crippen molar-refractivity contribution in [1.29, 1.82) is 0 Å². The van der Waals surface area contributed by atoms with Crippen LogP contribution in [-0.4, -0.2) is 74.1 Å². The Labute approximate surface area is 380 Å². The second-order valence-electron chi connectivity index (χ2n) is 20.5. The van der Waals surface area contributed by atoms with Crippen molar-refractivity contribution in [3.63, 3.8) is 0 Å². The summed E-state index contributed by atoms with van der Waals surface area (Å²) in [4.78, 5) is 8.03. The van der Waals surface area contributed by atoms with E-state index in [0.717, 1.165) is 11.8 Å². The summed E-state index contributed by atoms with van der Waals surface area (Å²) in [5.74, 6) is 1.70. The fraction of sp³-hybridized carbons (Fsp3) is 0.930. The molecule has 0 aromatic rings. The molecule has 1 aliphatic rings. The maximum Gasteiger partial charge on any atom is 0.0110 e. The summed E-state index contributed by atoms with van der Waals surface area (Å²) >= 11 is 0. The van der Waals surface area contributed by atoms with Gasteiger partial charge in [0, 0.05) is 39.3 Å². The largest absolute Gasteiger partial charge is 0.304 e. The monoisotopic (exact) mass is 840 g/mol. The highest BCUT2D eigenvalue weighted by Gasteiger charge is 2.16. The van der Waals surface area contributed by atoms with Crippen LogP contribution in [-0.2, 0) is 0 Å². The van der Waals surface area contributed by atoms with E-state index < -0.39 is 0 Å². The molecule has 2 unspecified atom stereocenters. The fourth-order valence-electron chi connectivity index (χ4n) is 9.99. The van der Waals surface area contributed by atoms with Gasteiger partial charge in [-0.25, -0.2) is 0 Å². The smallest absolute Gasteiger partial charge is 0.0110 e. The molecule has 0 spiro atoms. The van der Waals surface area contributed by atoms with Gasteiger partial charge in [-0.15, -0.1) is 0 Å². The summed E-state index contributed by atoms with van der Waals surface area (Å²) in [5.41, 5.74) is 3.08. The highest BCUT2D eigenvalue weighted by molar-refractivity contribution is 4.99. The highest BCUT2D eigenvalue weighted by atomic mass is 15.2. The zero-order valence-electron chi connectivity index (χ0n) is 42.4. The second-order valence-corrected chi connectivity index (χ2v) is 20.5. The Kier molecular flexibility index (Phi) is 41.7. The molecule has 0 saturated carbocycles. The van der Waals surface area contributed by atoms with E-state index in [4.69, 9.17) is 13.2 Å². The maximum atomic E-state index is 4.78. The van der Waals surface area contributed by atoms with E-state index >= 15 is 0 Å². The molecule has 0 aliphatic carbocycles. The first-order valence-electron chi connectivity index (χ1n) is 27.9. The van der Waals surface area contributed by atoms with Crippen LogP contribution in [0.25, 0.3) is 0 Å². The number of likely N-dealkylation sites (N-methyl/N-ethyl adjacent to an activating group) is 1. The third-order valence-corrected chi connectivity index (χ3v) is 14.4. The van der Waals surface area contributed by atoms with Crippen LogP contribution in [0.5, 0.6) is 0 Å². The van der Waals surface area contributed by atoms with Crippen LogP contribution in [0, 0.1) is 11.8 Å². The molecule has 1 rings (SSSR count). The lowest BCUT2D eigenvalue weighted by Gasteiger charge is -2.32. The summed E-state index contributed by atoms with van der Waals surface area (Å²) < 4.78 is 0. The first-order chi connectivity index (χ1) is 29.4. The second kappa shape index (κ2) is 43.6. The van der Waals surface area contributed by atoms with Crippen molar-refractivity contribution >= 4 is 0 Å². The lowest BCUT2D eigenvalue weighted by atomic mass is 9.88. The van der Waals surface area contributed by atoms with Gasteiger partial charge in [0.05, 0.1) is 0 Å². The van der Waals surface area contributed by atoms with Crippen molar-refractivity contribution in [2.75, 3.05) is 59.4 Å². The van der Waals surface area contributed by atoms with E-state index in [0.29, 0.717) is 0 Å². The van der Waals surface area contributed by atoms with Crippen molar-refractivity contribution < 1.29 is 0 Å². The summed E-state index contributed by atoms with van der Waals surface area (Å²) in [6.45, 7) is 28.8. The number of rotatable bonds is 47. The van der Waals surface area contributed by atoms with E-state index in [-0.39, 0.29) is 0 Å². The standard InChI is InChI=1S/C57H113N3/c1-8-12-16-20-24-26-30-34-40-56(38-32-28-22-18-14-10-3)52-54(5)42-46-59(44-36-37-45-60-50-48-58(7)49-51-60)47-43-55(6)53-57(39-33-29-23-19-15-11-4)41-35-31-27-25-21-17-13-9-2/h56-57H,5-6,8-53H2,1-4,7H3. The van der Waals surface area contributed by atoms with Gasteiger partial charge < -0.3 is 14.7 Å². The molecule has 0 aromatic heterocycles. The predicted octanol–water partition coefficient (Wildman–Crippen LogP) is 17.8. The van der Waals surface area contributed by atoms with Gasteiger partial charge >= 0.3 is 0 Å². The van der Waals surface area contributed by atoms with Crippen molar-refractivity contribution in [2.45, 2.75) is 272 Å². The Morgan fingerprint density at radius 1 is 0.400 bits per heavy atom. The van der Waals surface area contributed by atoms with Crippen LogP contribution >= 0.6 is 0 Å². The lowest BCUT2D eigenvalue weighted by molar-refractivity contribution is 0.150. The van der Waals surface area contributed by atoms with E-state index in [1.165, 1.54) is 307 Å². The summed E-state index contributed by atoms with van der Waals surface area (Å²) in [7, 11) is 2.28. The van der Waals surface area contributed by atoms with Crippen LogP contribution in [0.2, 0.25) is 0 Å². The number of hydrogen-bond acceptors (Lipinski definition) is 3. The summed E-state index contributed by atoms with van der Waals surface area (Å²) in [6, 6.07) is 0. The minimum atomic E-state index is 0.852. The van der Waals surface area contributed by atoms with Gasteiger partial charge in [0.25, 0.3) is 0 Å². The highest BCUT2D eigenvalue weighted by Crippen LogP contribution is 2.28. The predicted molar refractivity (Wildman–Crippen MR) is 274 cm³/mol. The number of unbranched alkanes of at least 4 members (excludes halogenated alkanes) is 25. The number of piperazine rings is 1. The molecule has 356 valence electrons. The number of hydrogen-bond donors (Lipinski definition) is 0. The van der Waals surface area contributed by atoms with Gasteiger partial charge in [-0.3, -0.25) is 0 Å². The van der Waals surface area contributed by atoms with Gasteiger partial charge in [-0.1, -0.05) is 257 Å². The van der Waals surface area contributed by atoms with Gasteiger partial charge in [0.15, 0.2) is 0 Å². The zero-order valence-corrected chi connectivity index (χ0v) is 42.4. The fourth-order valence-corrected chi connectivity index (χ4v) is 9.99. The van der Waals surface area contributed by atoms with Crippen LogP contribution in [0.4, 0.5) is 0 Å². The molecule has 0 amide bonds. The average Bonchev–Trinajstić information content (AvgIpc) is 3.24. The lowest BCUT2D eigenvalue weighted by Crippen LogP contribution is -2.44.